The molecule has 2 radical (unpaired) electrons. The third-order valence-electron chi connectivity index (χ3n) is 4.55. The van der Waals surface area contributed by atoms with Gasteiger partial charge in [-0.3, -0.25) is 0 Å². The van der Waals surface area contributed by atoms with Crippen LogP contribution >= 0.6 is 0 Å². The van der Waals surface area contributed by atoms with Crippen LogP contribution in [0.15, 0.2) is 12.2 Å². The van der Waals surface area contributed by atoms with E-state index >= 15 is 0 Å². The summed E-state index contributed by atoms with van der Waals surface area (Å²) in [5, 5.41) is 0. The number of hydrogen-bond acceptors (Lipinski definition) is 0. The molecule has 118 valence electrons. The maximum atomic E-state index is 3.92. The van der Waals surface area contributed by atoms with Gasteiger partial charge in [0, 0.05) is 0 Å². The molecule has 0 aliphatic carbocycles. The molecule has 0 spiro atoms. The molecule has 0 rings (SSSR count). The minimum absolute atomic E-state index is 0.901. The predicted octanol–water partition coefficient (Wildman–Crippen LogP) is 7.16. The molecule has 0 N–H and O–H groups in total. The third-order valence-corrected chi connectivity index (χ3v) is 4.55. The van der Waals surface area contributed by atoms with E-state index in [4.69, 9.17) is 0 Å². The summed E-state index contributed by atoms with van der Waals surface area (Å²) >= 11 is 0. The summed E-state index contributed by atoms with van der Waals surface area (Å²) in [6.07, 6.45) is 20.3. The Morgan fingerprint density at radius 3 is 2.10 bits per heavy atom. The minimum atomic E-state index is 0.901. The Morgan fingerprint density at radius 1 is 0.850 bits per heavy atom. The van der Waals surface area contributed by atoms with Gasteiger partial charge in [-0.2, -0.15) is 0 Å². The molecule has 0 nitrogen and oxygen atoms in total. The maximum absolute atomic E-state index is 3.92. The van der Waals surface area contributed by atoms with Gasteiger partial charge in [-0.05, 0) is 38.0 Å². The van der Waals surface area contributed by atoms with Gasteiger partial charge in [0.2, 0.25) is 0 Å². The Kier molecular flexibility index (Phi) is 14.9. The van der Waals surface area contributed by atoms with Gasteiger partial charge in [-0.1, -0.05) is 90.7 Å². The van der Waals surface area contributed by atoms with Crippen molar-refractivity contribution in [3.05, 3.63) is 26.0 Å². The van der Waals surface area contributed by atoms with Crippen molar-refractivity contribution >= 4 is 0 Å². The molecule has 2 unspecified atom stereocenters. The Morgan fingerprint density at radius 2 is 1.50 bits per heavy atom. The van der Waals surface area contributed by atoms with Gasteiger partial charge in [0.1, 0.15) is 0 Å². The minimum Gasteiger partial charge on any atom is -0.0885 e. The first kappa shape index (κ1) is 19.7. The second-order valence-corrected chi connectivity index (χ2v) is 6.25. The fraction of sp³-hybridized carbons (Fsp3) is 0.800. The molecule has 0 heterocycles. The Balaban J connectivity index is 3.76. The molecule has 0 aliphatic rings. The van der Waals surface area contributed by atoms with Crippen LogP contribution in [0.2, 0.25) is 0 Å². The molecule has 0 fully saturated rings. The lowest BCUT2D eigenvalue weighted by Crippen LogP contribution is -2.11. The average molecular weight is 279 g/mol. The molecular formula is C20H38. The van der Waals surface area contributed by atoms with Gasteiger partial charge in [-0.15, -0.1) is 0 Å². The number of hydrogen-bond donors (Lipinski definition) is 0. The fourth-order valence-electron chi connectivity index (χ4n) is 2.89. The van der Waals surface area contributed by atoms with Crippen molar-refractivity contribution in [1.29, 1.82) is 0 Å². The molecule has 0 aliphatic heterocycles. The second-order valence-electron chi connectivity index (χ2n) is 6.25. The van der Waals surface area contributed by atoms with Gasteiger partial charge in [0.15, 0.2) is 0 Å². The zero-order valence-corrected chi connectivity index (χ0v) is 14.2. The lowest BCUT2D eigenvalue weighted by Gasteiger charge is -2.23. The van der Waals surface area contributed by atoms with Gasteiger partial charge in [0.25, 0.3) is 0 Å². The Hall–Kier alpha value is -0.260. The molecule has 0 aromatic rings. The van der Waals surface area contributed by atoms with E-state index in [2.05, 4.69) is 39.8 Å². The Labute approximate surface area is 129 Å². The van der Waals surface area contributed by atoms with E-state index in [1.54, 1.807) is 0 Å². The largest absolute Gasteiger partial charge is 0.0885 e. The summed E-state index contributed by atoms with van der Waals surface area (Å²) in [6.45, 7) is 12.5. The van der Waals surface area contributed by atoms with Crippen molar-refractivity contribution in [2.45, 2.75) is 90.9 Å². The molecule has 2 atom stereocenters. The van der Waals surface area contributed by atoms with Crippen LogP contribution in [0.25, 0.3) is 0 Å². The number of allylic oxidation sites excluding steroid dienone is 2. The van der Waals surface area contributed by atoms with Crippen LogP contribution in [0.3, 0.4) is 0 Å². The number of rotatable bonds is 14. The molecule has 0 saturated heterocycles. The lowest BCUT2D eigenvalue weighted by atomic mass is 9.83. The summed E-state index contributed by atoms with van der Waals surface area (Å²) in [5.41, 5.74) is 0. The van der Waals surface area contributed by atoms with E-state index in [1.807, 2.05) is 0 Å². The zero-order chi connectivity index (χ0) is 15.1. The van der Waals surface area contributed by atoms with Gasteiger partial charge in [0.05, 0.1) is 0 Å². The molecule has 0 aromatic heterocycles. The lowest BCUT2D eigenvalue weighted by molar-refractivity contribution is 0.289. The van der Waals surface area contributed by atoms with Gasteiger partial charge < -0.3 is 0 Å². The molecular weight excluding hydrogens is 240 g/mol. The fourth-order valence-corrected chi connectivity index (χ4v) is 2.89. The van der Waals surface area contributed by atoms with Crippen LogP contribution in [0, 0.1) is 25.7 Å². The van der Waals surface area contributed by atoms with E-state index in [1.165, 1.54) is 64.2 Å². The third kappa shape index (κ3) is 11.6. The summed E-state index contributed by atoms with van der Waals surface area (Å²) in [7, 11) is 0. The normalized spacial score (nSPS) is 14.8. The van der Waals surface area contributed by atoms with Crippen molar-refractivity contribution in [2.24, 2.45) is 11.8 Å². The first-order valence-corrected chi connectivity index (χ1v) is 8.99. The first-order valence-electron chi connectivity index (χ1n) is 8.99. The predicted molar refractivity (Wildman–Crippen MR) is 93.6 cm³/mol. The van der Waals surface area contributed by atoms with Crippen LogP contribution in [-0.4, -0.2) is 0 Å². The first-order chi connectivity index (χ1) is 9.76. The smallest absolute Gasteiger partial charge is 0.0351 e. The monoisotopic (exact) mass is 278 g/mol. The van der Waals surface area contributed by atoms with Gasteiger partial charge in [-0.25, -0.2) is 0 Å². The number of unbranched alkanes of at least 4 members (excludes halogenated alkanes) is 6. The molecule has 20 heavy (non-hydrogen) atoms. The van der Waals surface area contributed by atoms with E-state index in [0.717, 1.165) is 24.7 Å². The van der Waals surface area contributed by atoms with Crippen LogP contribution < -0.4 is 0 Å². The van der Waals surface area contributed by atoms with E-state index < -0.39 is 0 Å². The molecule has 0 aromatic carbocycles. The highest BCUT2D eigenvalue weighted by atomic mass is 14.2. The van der Waals surface area contributed by atoms with Crippen LogP contribution in [0.1, 0.15) is 90.9 Å². The highest BCUT2D eigenvalue weighted by Gasteiger charge is 2.14. The zero-order valence-electron chi connectivity index (χ0n) is 14.2. The Bertz CT molecular complexity index is 204. The van der Waals surface area contributed by atoms with E-state index in [-0.39, 0.29) is 0 Å². The van der Waals surface area contributed by atoms with Crippen LogP contribution in [-0.2, 0) is 0 Å². The van der Waals surface area contributed by atoms with Crippen molar-refractivity contribution < 1.29 is 0 Å². The molecule has 0 saturated carbocycles. The average Bonchev–Trinajstić information content (AvgIpc) is 2.47. The molecule has 0 heteroatoms. The summed E-state index contributed by atoms with van der Waals surface area (Å²) in [6, 6.07) is 0. The molecule has 0 bridgehead atoms. The topological polar surface area (TPSA) is 0 Å². The second kappa shape index (κ2) is 15.1. The highest BCUT2D eigenvalue weighted by Crippen LogP contribution is 2.27. The van der Waals surface area contributed by atoms with E-state index in [9.17, 15) is 0 Å². The van der Waals surface area contributed by atoms with Crippen LogP contribution in [0.5, 0.6) is 0 Å². The summed E-state index contributed by atoms with van der Waals surface area (Å²) < 4.78 is 0. The summed E-state index contributed by atoms with van der Waals surface area (Å²) in [4.78, 5) is 0. The SMILES string of the molecule is [CH2]CC=CCCCCC(CCCCCC[CH2])C(C)CC. The van der Waals surface area contributed by atoms with Gasteiger partial charge >= 0.3 is 0 Å². The van der Waals surface area contributed by atoms with Crippen molar-refractivity contribution in [3.63, 3.8) is 0 Å². The standard InChI is InChI=1S/C20H38/c1-5-8-10-12-14-16-18-20(19(4)7-3)17-15-13-11-9-6-2/h8,10,19-20H,1-2,5-7,9,11-18H2,3-4H3. The van der Waals surface area contributed by atoms with Crippen molar-refractivity contribution in [3.8, 4) is 0 Å². The summed E-state index contributed by atoms with van der Waals surface area (Å²) in [5.74, 6) is 1.86. The van der Waals surface area contributed by atoms with Crippen molar-refractivity contribution in [1.82, 2.24) is 0 Å². The highest BCUT2D eigenvalue weighted by molar-refractivity contribution is 4.82. The van der Waals surface area contributed by atoms with E-state index in [0.29, 0.717) is 0 Å². The quantitative estimate of drug-likeness (QED) is 0.233. The maximum Gasteiger partial charge on any atom is -0.0351 e. The van der Waals surface area contributed by atoms with Crippen molar-refractivity contribution in [2.75, 3.05) is 0 Å². The molecule has 0 amide bonds. The van der Waals surface area contributed by atoms with Crippen LogP contribution in [0.4, 0.5) is 0 Å².